The van der Waals surface area contributed by atoms with E-state index >= 15 is 0 Å². The van der Waals surface area contributed by atoms with E-state index in [1.807, 2.05) is 0 Å². The van der Waals surface area contributed by atoms with Gasteiger partial charge >= 0.3 is 15.6 Å². The second-order valence-corrected chi connectivity index (χ2v) is 7.70. The Morgan fingerprint density at radius 1 is 1.00 bits per heavy atom. The van der Waals surface area contributed by atoms with Crippen molar-refractivity contribution in [1.29, 1.82) is 0 Å². The van der Waals surface area contributed by atoms with Gasteiger partial charge in [-0.15, -0.1) is 0 Å². The van der Waals surface area contributed by atoms with Crippen LogP contribution in [0, 0.1) is 0 Å². The van der Waals surface area contributed by atoms with E-state index in [0.29, 0.717) is 10.9 Å². The van der Waals surface area contributed by atoms with Crippen LogP contribution < -0.4 is 0 Å². The van der Waals surface area contributed by atoms with Crippen LogP contribution in [0.1, 0.15) is 0 Å². The first kappa shape index (κ1) is 17.8. The van der Waals surface area contributed by atoms with E-state index in [4.69, 9.17) is 13.0 Å². The second-order valence-electron chi connectivity index (χ2n) is 4.21. The minimum atomic E-state index is -5.84. The molecule has 0 aliphatic carbocycles. The minimum Gasteiger partial charge on any atom is -0.279 e. The van der Waals surface area contributed by atoms with Crippen molar-refractivity contribution in [2.45, 2.75) is 10.4 Å². The number of alkyl halides is 3. The lowest BCUT2D eigenvalue weighted by Gasteiger charge is -2.01. The Bertz CT molecular complexity index is 705. The van der Waals surface area contributed by atoms with E-state index < -0.39 is 15.6 Å². The van der Waals surface area contributed by atoms with Gasteiger partial charge < -0.3 is 0 Å². The van der Waals surface area contributed by atoms with E-state index in [9.17, 15) is 13.2 Å². The summed E-state index contributed by atoms with van der Waals surface area (Å²) in [4.78, 5) is 1.47. The molecule has 0 unspecified atom stereocenters. The molecular formula is C13H14F3O3S2+. The summed E-state index contributed by atoms with van der Waals surface area (Å²) in [5.41, 5.74) is -5.53. The Kier molecular flexibility index (Phi) is 5.66. The number of hydrogen-bond donors (Lipinski definition) is 1. The molecule has 0 fully saturated rings. The SMILES string of the molecule is C[S+](C)c1cccc2ccccc12.O=S(=O)(O)C(F)(F)F. The van der Waals surface area contributed by atoms with Crippen molar-refractivity contribution in [2.24, 2.45) is 0 Å². The maximum atomic E-state index is 10.7. The van der Waals surface area contributed by atoms with Crippen molar-refractivity contribution >= 4 is 31.8 Å². The number of hydrogen-bond acceptors (Lipinski definition) is 2. The topological polar surface area (TPSA) is 54.4 Å². The molecule has 0 aromatic heterocycles. The van der Waals surface area contributed by atoms with Crippen LogP contribution in [-0.2, 0) is 21.0 Å². The monoisotopic (exact) mass is 339 g/mol. The molecule has 0 bridgehead atoms. The van der Waals surface area contributed by atoms with E-state index in [0.717, 1.165) is 0 Å². The molecular weight excluding hydrogens is 325 g/mol. The van der Waals surface area contributed by atoms with Gasteiger partial charge in [0.1, 0.15) is 12.5 Å². The van der Waals surface area contributed by atoms with Crippen LogP contribution in [0.15, 0.2) is 47.4 Å². The number of halogens is 3. The molecule has 116 valence electrons. The molecule has 21 heavy (non-hydrogen) atoms. The van der Waals surface area contributed by atoms with Gasteiger partial charge in [-0.3, -0.25) is 4.55 Å². The van der Waals surface area contributed by atoms with Crippen molar-refractivity contribution in [3.8, 4) is 0 Å². The van der Waals surface area contributed by atoms with Crippen LogP contribution in [0.25, 0.3) is 10.8 Å². The summed E-state index contributed by atoms with van der Waals surface area (Å²) in [6.07, 6.45) is 4.53. The van der Waals surface area contributed by atoms with Crippen LogP contribution >= 0.6 is 0 Å². The van der Waals surface area contributed by atoms with E-state index in [1.54, 1.807) is 0 Å². The van der Waals surface area contributed by atoms with Crippen LogP contribution in [0.3, 0.4) is 0 Å². The van der Waals surface area contributed by atoms with Gasteiger partial charge in [-0.1, -0.05) is 30.3 Å². The molecule has 0 spiro atoms. The van der Waals surface area contributed by atoms with Gasteiger partial charge in [0.15, 0.2) is 4.90 Å². The van der Waals surface area contributed by atoms with Crippen molar-refractivity contribution < 1.29 is 26.1 Å². The summed E-state index contributed by atoms with van der Waals surface area (Å²) in [7, 11) is -5.49. The summed E-state index contributed by atoms with van der Waals surface area (Å²) in [6.45, 7) is 0. The standard InChI is InChI=1S/C12H13S.CHF3O3S/c1-13(2)12-9-5-7-10-6-3-4-8-11(10)12;2-1(3,4)8(5,6)7/h3-9H,1-2H3;(H,5,6,7)/q+1;. The fourth-order valence-corrected chi connectivity index (χ4v) is 2.53. The Labute approximate surface area is 123 Å². The lowest BCUT2D eigenvalue weighted by molar-refractivity contribution is -0.0510. The summed E-state index contributed by atoms with van der Waals surface area (Å²) in [6, 6.07) is 15.1. The third kappa shape index (κ3) is 4.90. The summed E-state index contributed by atoms with van der Waals surface area (Å²) < 4.78 is 57.5. The first-order chi connectivity index (χ1) is 9.54. The molecule has 2 rings (SSSR count). The zero-order valence-corrected chi connectivity index (χ0v) is 12.9. The fourth-order valence-electron chi connectivity index (χ4n) is 1.55. The van der Waals surface area contributed by atoms with Crippen molar-refractivity contribution in [3.05, 3.63) is 42.5 Å². The highest BCUT2D eigenvalue weighted by molar-refractivity contribution is 7.95. The zero-order valence-electron chi connectivity index (χ0n) is 11.3. The summed E-state index contributed by atoms with van der Waals surface area (Å²) in [5, 5.41) is 2.75. The van der Waals surface area contributed by atoms with Crippen LogP contribution in [0.2, 0.25) is 0 Å². The van der Waals surface area contributed by atoms with Crippen LogP contribution in [0.5, 0.6) is 0 Å². The normalized spacial score (nSPS) is 12.1. The van der Waals surface area contributed by atoms with Gasteiger partial charge in [-0.25, -0.2) is 0 Å². The Morgan fingerprint density at radius 2 is 1.48 bits per heavy atom. The summed E-state index contributed by atoms with van der Waals surface area (Å²) >= 11 is 0. The highest BCUT2D eigenvalue weighted by Crippen LogP contribution is 2.22. The average molecular weight is 339 g/mol. The number of rotatable bonds is 1. The van der Waals surface area contributed by atoms with E-state index in [-0.39, 0.29) is 0 Å². The van der Waals surface area contributed by atoms with Gasteiger partial charge in [0.25, 0.3) is 0 Å². The first-order valence-corrected chi connectivity index (χ1v) is 9.11. The van der Waals surface area contributed by atoms with Gasteiger partial charge in [-0.05, 0) is 17.5 Å². The van der Waals surface area contributed by atoms with Crippen LogP contribution in [0.4, 0.5) is 13.2 Å². The quantitative estimate of drug-likeness (QED) is 0.492. The molecule has 0 saturated heterocycles. The third-order valence-electron chi connectivity index (χ3n) is 2.48. The molecule has 0 radical (unpaired) electrons. The maximum Gasteiger partial charge on any atom is 0.522 e. The molecule has 8 heteroatoms. The average Bonchev–Trinajstić information content (AvgIpc) is 2.36. The molecule has 3 nitrogen and oxygen atoms in total. The molecule has 2 aromatic rings. The molecule has 0 aliphatic rings. The zero-order chi connectivity index (χ0) is 16.3. The Morgan fingerprint density at radius 3 is 1.95 bits per heavy atom. The highest BCUT2D eigenvalue weighted by atomic mass is 32.2. The van der Waals surface area contributed by atoms with E-state index in [2.05, 4.69) is 55.0 Å². The highest BCUT2D eigenvalue weighted by Gasteiger charge is 2.44. The van der Waals surface area contributed by atoms with Gasteiger partial charge in [0.05, 0.1) is 0 Å². The van der Waals surface area contributed by atoms with Crippen molar-refractivity contribution in [3.63, 3.8) is 0 Å². The smallest absolute Gasteiger partial charge is 0.279 e. The summed E-state index contributed by atoms with van der Waals surface area (Å²) in [5.74, 6) is 0. The van der Waals surface area contributed by atoms with E-state index in [1.165, 1.54) is 15.7 Å². The predicted octanol–water partition coefficient (Wildman–Crippen LogP) is 3.47. The fraction of sp³-hybridized carbons (Fsp3) is 0.231. The molecule has 0 saturated carbocycles. The maximum absolute atomic E-state index is 10.7. The molecule has 0 atom stereocenters. The molecule has 1 N–H and O–H groups in total. The first-order valence-electron chi connectivity index (χ1n) is 5.63. The predicted molar refractivity (Wildman–Crippen MR) is 79.0 cm³/mol. The lowest BCUT2D eigenvalue weighted by atomic mass is 10.1. The minimum absolute atomic E-state index is 0.346. The third-order valence-corrected chi connectivity index (χ3v) is 4.30. The van der Waals surface area contributed by atoms with Gasteiger partial charge in [0, 0.05) is 16.3 Å². The van der Waals surface area contributed by atoms with Gasteiger partial charge in [0.2, 0.25) is 0 Å². The molecule has 0 heterocycles. The molecule has 0 aliphatic heterocycles. The lowest BCUT2D eigenvalue weighted by Crippen LogP contribution is -2.21. The Hall–Kier alpha value is -1.25. The number of fused-ring (bicyclic) bond motifs is 1. The Balaban J connectivity index is 0.000000240. The van der Waals surface area contributed by atoms with Gasteiger partial charge in [-0.2, -0.15) is 21.6 Å². The van der Waals surface area contributed by atoms with Crippen molar-refractivity contribution in [1.82, 2.24) is 0 Å². The van der Waals surface area contributed by atoms with Crippen molar-refractivity contribution in [2.75, 3.05) is 12.5 Å². The van der Waals surface area contributed by atoms with Crippen LogP contribution in [-0.4, -0.2) is 31.0 Å². The molecule has 2 aromatic carbocycles. The largest absolute Gasteiger partial charge is 0.522 e. The number of benzene rings is 2. The molecule has 0 amide bonds. The second kappa shape index (κ2) is 6.67.